The Hall–Kier alpha value is -8.95. The van der Waals surface area contributed by atoms with Gasteiger partial charge in [0.25, 0.3) is 0 Å². The van der Waals surface area contributed by atoms with Crippen molar-refractivity contribution in [1.82, 2.24) is 19.5 Å². The summed E-state index contributed by atoms with van der Waals surface area (Å²) in [7, 11) is 0. The van der Waals surface area contributed by atoms with Crippen LogP contribution in [-0.4, -0.2) is 19.5 Å². The molecule has 0 saturated heterocycles. The van der Waals surface area contributed by atoms with Crippen molar-refractivity contribution in [3.05, 3.63) is 206 Å². The van der Waals surface area contributed by atoms with E-state index < -0.39 is 0 Å². The smallest absolute Gasteiger partial charge is 0.164 e. The summed E-state index contributed by atoms with van der Waals surface area (Å²) >= 11 is 3.58. The highest BCUT2D eigenvalue weighted by Gasteiger charge is 2.22. The van der Waals surface area contributed by atoms with Gasteiger partial charge in [0.15, 0.2) is 17.5 Å². The molecule has 0 aliphatic heterocycles. The van der Waals surface area contributed by atoms with Crippen molar-refractivity contribution in [2.45, 2.75) is 0 Å². The van der Waals surface area contributed by atoms with E-state index in [0.717, 1.165) is 77.4 Å². The lowest BCUT2D eigenvalue weighted by molar-refractivity contribution is 0.669. The van der Waals surface area contributed by atoms with Crippen molar-refractivity contribution in [3.63, 3.8) is 0 Å². The number of hydrogen-bond donors (Lipinski definition) is 0. The molecule has 0 aliphatic carbocycles. The normalized spacial score (nSPS) is 12.2. The maximum atomic E-state index is 6.67. The average molecular weight is 943 g/mol. The fourth-order valence-electron chi connectivity index (χ4n) is 11.1. The van der Waals surface area contributed by atoms with Crippen LogP contribution in [0.3, 0.4) is 0 Å². The second-order valence-corrected chi connectivity index (χ2v) is 20.4. The highest BCUT2D eigenvalue weighted by Crippen LogP contribution is 2.44. The molecule has 16 aromatic rings. The van der Waals surface area contributed by atoms with Gasteiger partial charge >= 0.3 is 0 Å². The highest BCUT2D eigenvalue weighted by molar-refractivity contribution is 7.26. The predicted molar refractivity (Wildman–Crippen MR) is 296 cm³/mol. The van der Waals surface area contributed by atoms with Crippen LogP contribution in [0, 0.1) is 0 Å². The Kier molecular flexibility index (Phi) is 8.11. The van der Waals surface area contributed by atoms with Gasteiger partial charge in [-0.15, -0.1) is 22.7 Å². The summed E-state index contributed by atoms with van der Waals surface area (Å²) in [5.74, 6) is 1.81. The molecule has 0 saturated carbocycles. The lowest BCUT2D eigenvalue weighted by Crippen LogP contribution is -2.00. The lowest BCUT2D eigenvalue weighted by atomic mass is 9.97. The molecule has 0 amide bonds. The number of aromatic nitrogens is 4. The molecule has 0 atom stereocenters. The van der Waals surface area contributed by atoms with Crippen LogP contribution in [0.25, 0.3) is 157 Å². The molecule has 0 N–H and O–H groups in total. The fourth-order valence-corrected chi connectivity index (χ4v) is 13.4. The molecule has 6 aromatic heterocycles. The molecular formula is C63H34N4O2S2. The first-order chi connectivity index (χ1) is 35.1. The number of furan rings is 2. The van der Waals surface area contributed by atoms with Crippen molar-refractivity contribution in [1.29, 1.82) is 0 Å². The Balaban J connectivity index is 0.885. The second kappa shape index (κ2) is 14.8. The monoisotopic (exact) mass is 942 g/mol. The lowest BCUT2D eigenvalue weighted by Gasteiger charge is -2.10. The van der Waals surface area contributed by atoms with Crippen LogP contribution in [-0.2, 0) is 0 Å². The minimum absolute atomic E-state index is 0.581. The number of hydrogen-bond acceptors (Lipinski definition) is 7. The van der Waals surface area contributed by atoms with Gasteiger partial charge in [0.05, 0.1) is 11.0 Å². The van der Waals surface area contributed by atoms with Gasteiger partial charge in [-0.2, -0.15) is 0 Å². The SMILES string of the molecule is c1cc(-c2ccc3oc4cccc(-c5nc(-c6ccc7c(c6)sc6ccccc67)nc(-c6ccc7c(c6)sc6ccccc67)n5)c4c3c2)c2c(c1)oc1ccc(-n3c4ccccc4c4ccccc43)cc12. The summed E-state index contributed by atoms with van der Waals surface area (Å²) in [4.78, 5) is 15.9. The first kappa shape index (κ1) is 39.0. The van der Waals surface area contributed by atoms with E-state index >= 15 is 0 Å². The van der Waals surface area contributed by atoms with Gasteiger partial charge in [-0.1, -0.05) is 127 Å². The van der Waals surface area contributed by atoms with Crippen LogP contribution in [0.15, 0.2) is 215 Å². The third kappa shape index (κ3) is 5.83. The maximum Gasteiger partial charge on any atom is 0.164 e. The molecular weight excluding hydrogens is 909 g/mol. The van der Waals surface area contributed by atoms with Crippen LogP contribution < -0.4 is 0 Å². The molecule has 0 unspecified atom stereocenters. The van der Waals surface area contributed by atoms with E-state index in [0.29, 0.717) is 17.5 Å². The fraction of sp³-hybridized carbons (Fsp3) is 0. The van der Waals surface area contributed by atoms with E-state index in [9.17, 15) is 0 Å². The number of nitrogens with zero attached hydrogens (tertiary/aromatic N) is 4. The second-order valence-electron chi connectivity index (χ2n) is 18.2. The van der Waals surface area contributed by atoms with E-state index in [4.69, 9.17) is 23.8 Å². The van der Waals surface area contributed by atoms with E-state index in [1.54, 1.807) is 22.7 Å². The molecule has 6 nitrogen and oxygen atoms in total. The van der Waals surface area contributed by atoms with Gasteiger partial charge in [0.1, 0.15) is 22.3 Å². The van der Waals surface area contributed by atoms with E-state index in [2.05, 4.69) is 199 Å². The molecule has 0 radical (unpaired) electrons. The zero-order valence-electron chi connectivity index (χ0n) is 37.6. The zero-order valence-corrected chi connectivity index (χ0v) is 39.2. The Bertz CT molecular complexity index is 4730. The third-order valence-electron chi connectivity index (χ3n) is 14.3. The minimum Gasteiger partial charge on any atom is -0.456 e. The van der Waals surface area contributed by atoms with Crippen molar-refractivity contribution >= 4 is 129 Å². The van der Waals surface area contributed by atoms with Gasteiger partial charge in [0.2, 0.25) is 0 Å². The number of fused-ring (bicyclic) bond motifs is 15. The summed E-state index contributed by atoms with van der Waals surface area (Å²) < 4.78 is 20.5. The summed E-state index contributed by atoms with van der Waals surface area (Å²) in [5.41, 5.74) is 11.5. The van der Waals surface area contributed by atoms with E-state index in [1.807, 2.05) is 12.1 Å². The Labute approximate surface area is 411 Å². The summed E-state index contributed by atoms with van der Waals surface area (Å²) in [6, 6.07) is 73.1. The Morgan fingerprint density at radius 3 is 1.41 bits per heavy atom. The Morgan fingerprint density at radius 1 is 0.310 bits per heavy atom. The molecule has 8 heteroatoms. The standard InChI is InChI=1S/C63H34N4O2S2/c1-5-17-49-40(11-1)41-12-2-6-18-50(41)67(49)38-26-30-52-48(34-38)59-39(15-9-19-53(59)69-52)35-25-29-51-47(31-35)60-46(16-10-20-54(60)68-51)63-65-61(36-23-27-44-42-13-3-7-21-55(42)70-57(44)32-36)64-62(66-63)37-24-28-45-43-14-4-8-22-56(43)71-58(45)33-37/h1-34H. The highest BCUT2D eigenvalue weighted by atomic mass is 32.1. The quantitative estimate of drug-likeness (QED) is 0.172. The van der Waals surface area contributed by atoms with Gasteiger partial charge in [-0.3, -0.25) is 0 Å². The van der Waals surface area contributed by atoms with Crippen molar-refractivity contribution in [2.75, 3.05) is 0 Å². The van der Waals surface area contributed by atoms with Crippen LogP contribution >= 0.6 is 22.7 Å². The first-order valence-electron chi connectivity index (χ1n) is 23.6. The van der Waals surface area contributed by atoms with Crippen LogP contribution in [0.4, 0.5) is 0 Å². The molecule has 71 heavy (non-hydrogen) atoms. The number of para-hydroxylation sites is 2. The molecule has 0 spiro atoms. The molecule has 0 fully saturated rings. The largest absolute Gasteiger partial charge is 0.456 e. The molecule has 330 valence electrons. The maximum absolute atomic E-state index is 6.67. The van der Waals surface area contributed by atoms with Gasteiger partial charge in [-0.05, 0) is 90.0 Å². The van der Waals surface area contributed by atoms with Gasteiger partial charge < -0.3 is 13.4 Å². The predicted octanol–water partition coefficient (Wildman–Crippen LogP) is 18.2. The molecule has 16 rings (SSSR count). The third-order valence-corrected chi connectivity index (χ3v) is 16.5. The zero-order chi connectivity index (χ0) is 46.3. The van der Waals surface area contributed by atoms with Gasteiger partial charge in [0, 0.05) is 95.0 Å². The van der Waals surface area contributed by atoms with Crippen molar-refractivity contribution in [2.24, 2.45) is 0 Å². The summed E-state index contributed by atoms with van der Waals surface area (Å²) in [6.07, 6.45) is 0. The van der Waals surface area contributed by atoms with Crippen LogP contribution in [0.2, 0.25) is 0 Å². The first-order valence-corrected chi connectivity index (χ1v) is 25.3. The number of rotatable bonds is 5. The van der Waals surface area contributed by atoms with Crippen molar-refractivity contribution in [3.8, 4) is 51.0 Å². The minimum atomic E-state index is 0.581. The molecule has 10 aromatic carbocycles. The topological polar surface area (TPSA) is 69.9 Å². The van der Waals surface area contributed by atoms with E-state index in [1.165, 1.54) is 62.2 Å². The summed E-state index contributed by atoms with van der Waals surface area (Å²) in [6.45, 7) is 0. The Morgan fingerprint density at radius 2 is 0.789 bits per heavy atom. The van der Waals surface area contributed by atoms with Crippen LogP contribution in [0.1, 0.15) is 0 Å². The average Bonchev–Trinajstić information content (AvgIpc) is 4.25. The van der Waals surface area contributed by atoms with Gasteiger partial charge in [-0.25, -0.2) is 15.0 Å². The summed E-state index contributed by atoms with van der Waals surface area (Å²) in [5, 5.41) is 11.5. The molecule has 0 aliphatic rings. The van der Waals surface area contributed by atoms with E-state index in [-0.39, 0.29) is 0 Å². The van der Waals surface area contributed by atoms with Crippen LogP contribution in [0.5, 0.6) is 0 Å². The number of thiophene rings is 2. The molecule has 0 bridgehead atoms. The van der Waals surface area contributed by atoms with Crippen molar-refractivity contribution < 1.29 is 8.83 Å². The number of benzene rings is 10. The molecule has 6 heterocycles.